The Morgan fingerprint density at radius 2 is 1.90 bits per heavy atom. The van der Waals surface area contributed by atoms with Gasteiger partial charge in [0.1, 0.15) is 16.8 Å². The van der Waals surface area contributed by atoms with Crippen LogP contribution >= 0.6 is 0 Å². The fourth-order valence-electron chi connectivity index (χ4n) is 3.68. The highest BCUT2D eigenvalue weighted by Crippen LogP contribution is 2.44. The first-order valence-electron chi connectivity index (χ1n) is 10.6. The highest BCUT2D eigenvalue weighted by molar-refractivity contribution is 6.14. The minimum absolute atomic E-state index is 0.0788. The van der Waals surface area contributed by atoms with Crippen molar-refractivity contribution in [2.75, 3.05) is 13.2 Å². The quantitative estimate of drug-likeness (QED) is 0.293. The molecule has 0 unspecified atom stereocenters. The molecule has 0 bridgehead atoms. The van der Waals surface area contributed by atoms with Crippen molar-refractivity contribution >= 4 is 27.6 Å². The molecule has 3 aromatic rings. The first-order chi connectivity index (χ1) is 14.3. The number of carbonyl (C=O) groups excluding carboxylic acids is 1. The Hall–Kier alpha value is -2.82. The molecular formula is C25H31NO4. The van der Waals surface area contributed by atoms with Crippen molar-refractivity contribution in [2.24, 2.45) is 5.41 Å². The average molecular weight is 410 g/mol. The second-order valence-corrected chi connectivity index (χ2v) is 8.76. The fourth-order valence-corrected chi connectivity index (χ4v) is 3.68. The van der Waals surface area contributed by atoms with Gasteiger partial charge in [0.15, 0.2) is 5.75 Å². The highest BCUT2D eigenvalue weighted by Gasteiger charge is 2.30. The zero-order valence-electron chi connectivity index (χ0n) is 18.5. The minimum Gasteiger partial charge on any atom is -0.507 e. The molecule has 160 valence electrons. The van der Waals surface area contributed by atoms with Gasteiger partial charge in [-0.2, -0.15) is 0 Å². The SMILES string of the molecule is CCCCOc1c(C(=O)OCC)c(CC(C)(C)C)c(O)c2c1ncc1ccccc12. The van der Waals surface area contributed by atoms with Gasteiger partial charge in [-0.05, 0) is 30.6 Å². The lowest BCUT2D eigenvalue weighted by Gasteiger charge is -2.24. The van der Waals surface area contributed by atoms with Crippen molar-refractivity contribution in [3.05, 3.63) is 41.6 Å². The van der Waals surface area contributed by atoms with Crippen LogP contribution in [0, 0.1) is 5.41 Å². The van der Waals surface area contributed by atoms with Gasteiger partial charge in [-0.15, -0.1) is 0 Å². The molecule has 0 radical (unpaired) electrons. The second-order valence-electron chi connectivity index (χ2n) is 8.76. The third kappa shape index (κ3) is 4.35. The molecule has 0 aliphatic rings. The number of benzene rings is 2. The average Bonchev–Trinajstić information content (AvgIpc) is 2.69. The molecule has 0 aliphatic carbocycles. The zero-order valence-corrected chi connectivity index (χ0v) is 18.5. The second kappa shape index (κ2) is 8.90. The number of carbonyl (C=O) groups is 1. The van der Waals surface area contributed by atoms with E-state index in [-0.39, 0.29) is 23.3 Å². The molecule has 0 spiro atoms. The smallest absolute Gasteiger partial charge is 0.342 e. The van der Waals surface area contributed by atoms with E-state index in [0.717, 1.165) is 23.6 Å². The van der Waals surface area contributed by atoms with Crippen LogP contribution in [-0.4, -0.2) is 29.3 Å². The molecule has 3 rings (SSSR count). The van der Waals surface area contributed by atoms with E-state index in [2.05, 4.69) is 32.7 Å². The van der Waals surface area contributed by atoms with Crippen LogP contribution in [0.25, 0.3) is 21.7 Å². The standard InChI is InChI=1S/C25H31NO4/c1-6-8-13-30-23-20(24(28)29-7-2)18(14-25(3,4)5)22(27)19-17-12-10-9-11-16(17)15-26-21(19)23/h9-12,15,27H,6-8,13-14H2,1-5H3. The predicted octanol–water partition coefficient (Wildman–Crippen LogP) is 6.04. The van der Waals surface area contributed by atoms with Crippen molar-refractivity contribution < 1.29 is 19.4 Å². The lowest BCUT2D eigenvalue weighted by atomic mass is 9.84. The van der Waals surface area contributed by atoms with Gasteiger partial charge in [0.25, 0.3) is 0 Å². The molecule has 1 heterocycles. The number of fused-ring (bicyclic) bond motifs is 3. The number of aromatic nitrogens is 1. The number of ether oxygens (including phenoxy) is 2. The van der Waals surface area contributed by atoms with Crippen LogP contribution in [0.3, 0.4) is 0 Å². The van der Waals surface area contributed by atoms with E-state index in [0.29, 0.717) is 35.2 Å². The van der Waals surface area contributed by atoms with Gasteiger partial charge in [0.2, 0.25) is 0 Å². The van der Waals surface area contributed by atoms with Crippen LogP contribution in [0.15, 0.2) is 30.5 Å². The molecule has 0 atom stereocenters. The first-order valence-corrected chi connectivity index (χ1v) is 10.6. The maximum absolute atomic E-state index is 13.0. The van der Waals surface area contributed by atoms with E-state index in [4.69, 9.17) is 9.47 Å². The molecule has 30 heavy (non-hydrogen) atoms. The summed E-state index contributed by atoms with van der Waals surface area (Å²) in [6.07, 6.45) is 4.07. The molecule has 1 N–H and O–H groups in total. The molecule has 5 heteroatoms. The number of phenolic OH excluding ortho intramolecular Hbond substituents is 1. The summed E-state index contributed by atoms with van der Waals surface area (Å²) in [6, 6.07) is 7.79. The van der Waals surface area contributed by atoms with Crippen molar-refractivity contribution in [3.8, 4) is 11.5 Å². The van der Waals surface area contributed by atoms with Crippen LogP contribution in [0.1, 0.15) is 63.4 Å². The Balaban J connectivity index is 2.43. The number of aromatic hydroxyl groups is 1. The van der Waals surface area contributed by atoms with Crippen molar-refractivity contribution in [2.45, 2.75) is 53.9 Å². The maximum atomic E-state index is 13.0. The van der Waals surface area contributed by atoms with Gasteiger partial charge >= 0.3 is 5.97 Å². The number of unbranched alkanes of at least 4 members (excludes halogenated alkanes) is 1. The summed E-state index contributed by atoms with van der Waals surface area (Å²) in [7, 11) is 0. The van der Waals surface area contributed by atoms with Crippen LogP contribution in [0.2, 0.25) is 0 Å². The van der Waals surface area contributed by atoms with E-state index in [1.807, 2.05) is 24.3 Å². The van der Waals surface area contributed by atoms with Crippen molar-refractivity contribution in [1.82, 2.24) is 4.98 Å². The Bertz CT molecular complexity index is 1070. The first kappa shape index (κ1) is 21.9. The normalized spacial score (nSPS) is 11.8. The van der Waals surface area contributed by atoms with Crippen LogP contribution in [-0.2, 0) is 11.2 Å². The lowest BCUT2D eigenvalue weighted by molar-refractivity contribution is 0.0519. The van der Waals surface area contributed by atoms with E-state index in [1.54, 1.807) is 13.1 Å². The van der Waals surface area contributed by atoms with Gasteiger partial charge in [-0.3, -0.25) is 4.98 Å². The molecular weight excluding hydrogens is 378 g/mol. The molecule has 0 saturated heterocycles. The Morgan fingerprint density at radius 3 is 2.57 bits per heavy atom. The topological polar surface area (TPSA) is 68.7 Å². The summed E-state index contributed by atoms with van der Waals surface area (Å²) >= 11 is 0. The molecule has 0 fully saturated rings. The number of phenols is 1. The van der Waals surface area contributed by atoms with Gasteiger partial charge < -0.3 is 14.6 Å². The van der Waals surface area contributed by atoms with Crippen LogP contribution < -0.4 is 4.74 Å². The van der Waals surface area contributed by atoms with E-state index >= 15 is 0 Å². The summed E-state index contributed by atoms with van der Waals surface area (Å²) < 4.78 is 11.5. The molecule has 1 aromatic heterocycles. The van der Waals surface area contributed by atoms with Crippen LogP contribution in [0.5, 0.6) is 11.5 Å². The number of rotatable bonds is 7. The fraction of sp³-hybridized carbons (Fsp3) is 0.440. The molecule has 0 amide bonds. The molecule has 0 aliphatic heterocycles. The molecule has 5 nitrogen and oxygen atoms in total. The Kier molecular flexibility index (Phi) is 6.49. The summed E-state index contributed by atoms with van der Waals surface area (Å²) in [6.45, 7) is 10.8. The van der Waals surface area contributed by atoms with Crippen molar-refractivity contribution in [3.63, 3.8) is 0 Å². The largest absolute Gasteiger partial charge is 0.507 e. The summed E-state index contributed by atoms with van der Waals surface area (Å²) in [4.78, 5) is 17.6. The zero-order chi connectivity index (χ0) is 21.9. The van der Waals surface area contributed by atoms with Gasteiger partial charge in [0.05, 0.1) is 18.6 Å². The number of hydrogen-bond acceptors (Lipinski definition) is 5. The number of hydrogen-bond donors (Lipinski definition) is 1. The molecule has 0 saturated carbocycles. The summed E-state index contributed by atoms with van der Waals surface area (Å²) in [5.41, 5.74) is 1.17. The van der Waals surface area contributed by atoms with Crippen LogP contribution in [0.4, 0.5) is 0 Å². The Morgan fingerprint density at radius 1 is 1.17 bits per heavy atom. The third-order valence-corrected chi connectivity index (χ3v) is 5.00. The number of nitrogens with zero attached hydrogens (tertiary/aromatic N) is 1. The van der Waals surface area contributed by atoms with E-state index < -0.39 is 5.97 Å². The van der Waals surface area contributed by atoms with E-state index in [9.17, 15) is 9.90 Å². The number of pyridine rings is 1. The monoisotopic (exact) mass is 409 g/mol. The van der Waals surface area contributed by atoms with Crippen molar-refractivity contribution in [1.29, 1.82) is 0 Å². The van der Waals surface area contributed by atoms with Gasteiger partial charge in [-0.25, -0.2) is 4.79 Å². The maximum Gasteiger partial charge on any atom is 0.342 e. The van der Waals surface area contributed by atoms with Gasteiger partial charge in [0, 0.05) is 17.1 Å². The highest BCUT2D eigenvalue weighted by atomic mass is 16.5. The van der Waals surface area contributed by atoms with Gasteiger partial charge in [-0.1, -0.05) is 58.4 Å². The molecule has 2 aromatic carbocycles. The minimum atomic E-state index is -0.490. The predicted molar refractivity (Wildman–Crippen MR) is 120 cm³/mol. The summed E-state index contributed by atoms with van der Waals surface area (Å²) in [5, 5.41) is 13.8. The lowest BCUT2D eigenvalue weighted by Crippen LogP contribution is -2.17. The number of esters is 1. The third-order valence-electron chi connectivity index (χ3n) is 5.00. The Labute approximate surface area is 178 Å². The summed E-state index contributed by atoms with van der Waals surface area (Å²) in [5.74, 6) is -0.00905. The van der Waals surface area contributed by atoms with E-state index in [1.165, 1.54) is 0 Å².